The Kier molecular flexibility index (Phi) is 5.67. The quantitative estimate of drug-likeness (QED) is 0.780. The summed E-state index contributed by atoms with van der Waals surface area (Å²) in [7, 11) is 2.16. The lowest BCUT2D eigenvalue weighted by molar-refractivity contribution is 0.309. The van der Waals surface area contributed by atoms with Crippen LogP contribution in [0.15, 0.2) is 16.6 Å². The molecule has 0 saturated heterocycles. The molecule has 0 atom stereocenters. The summed E-state index contributed by atoms with van der Waals surface area (Å²) in [6, 6.07) is 4.36. The van der Waals surface area contributed by atoms with Gasteiger partial charge in [-0.15, -0.1) is 0 Å². The molecule has 106 valence electrons. The van der Waals surface area contributed by atoms with E-state index in [1.165, 1.54) is 17.5 Å². The maximum absolute atomic E-state index is 5.77. The first-order valence-electron chi connectivity index (χ1n) is 7.04. The van der Waals surface area contributed by atoms with Crippen molar-refractivity contribution in [2.75, 3.05) is 33.3 Å². The molecule has 1 aliphatic rings. The van der Waals surface area contributed by atoms with E-state index in [1.54, 1.807) is 0 Å². The molecule has 2 rings (SSSR count). The highest BCUT2D eigenvalue weighted by atomic mass is 79.9. The molecule has 0 spiro atoms. The maximum atomic E-state index is 5.77. The fourth-order valence-corrected chi connectivity index (χ4v) is 2.96. The summed E-state index contributed by atoms with van der Waals surface area (Å²) in [6.45, 7) is 7.15. The fraction of sp³-hybridized carbons (Fsp3) is 0.600. The Morgan fingerprint density at radius 2 is 2.21 bits per heavy atom. The highest BCUT2D eigenvalue weighted by Gasteiger charge is 2.18. The van der Waals surface area contributed by atoms with Crippen LogP contribution in [0, 0.1) is 0 Å². The number of likely N-dealkylation sites (N-methyl/N-ethyl adjacent to an activating group) is 1. The minimum absolute atomic E-state index is 0.820. The molecule has 0 unspecified atom stereocenters. The van der Waals surface area contributed by atoms with Crippen molar-refractivity contribution in [3.05, 3.63) is 27.7 Å². The van der Waals surface area contributed by atoms with E-state index in [1.807, 2.05) is 0 Å². The zero-order chi connectivity index (χ0) is 13.7. The van der Waals surface area contributed by atoms with Gasteiger partial charge in [0.05, 0.1) is 6.61 Å². The zero-order valence-electron chi connectivity index (χ0n) is 11.8. The van der Waals surface area contributed by atoms with Crippen LogP contribution in [0.3, 0.4) is 0 Å². The van der Waals surface area contributed by atoms with E-state index in [2.05, 4.69) is 52.3 Å². The van der Waals surface area contributed by atoms with E-state index in [-0.39, 0.29) is 0 Å². The number of fused-ring (bicyclic) bond motifs is 1. The van der Waals surface area contributed by atoms with Crippen molar-refractivity contribution in [3.63, 3.8) is 0 Å². The van der Waals surface area contributed by atoms with Gasteiger partial charge in [0.1, 0.15) is 5.75 Å². The highest BCUT2D eigenvalue weighted by Crippen LogP contribution is 2.33. The molecular formula is C15H23BrN2O. The highest BCUT2D eigenvalue weighted by molar-refractivity contribution is 9.10. The molecule has 0 amide bonds. The predicted molar refractivity (Wildman–Crippen MR) is 82.8 cm³/mol. The lowest BCUT2D eigenvalue weighted by Crippen LogP contribution is -2.29. The van der Waals surface area contributed by atoms with Crippen molar-refractivity contribution >= 4 is 15.9 Å². The van der Waals surface area contributed by atoms with E-state index < -0.39 is 0 Å². The normalized spacial score (nSPS) is 13.7. The Morgan fingerprint density at radius 3 is 3.00 bits per heavy atom. The first-order chi connectivity index (χ1) is 9.20. The number of hydrogen-bond acceptors (Lipinski definition) is 3. The van der Waals surface area contributed by atoms with Crippen LogP contribution in [0.5, 0.6) is 5.75 Å². The van der Waals surface area contributed by atoms with E-state index in [9.17, 15) is 0 Å². The molecule has 1 aromatic rings. The Hall–Kier alpha value is -0.580. The summed E-state index contributed by atoms with van der Waals surface area (Å²) in [6.07, 6.45) is 2.22. The third-order valence-corrected chi connectivity index (χ3v) is 3.82. The lowest BCUT2D eigenvalue weighted by Gasteiger charge is -2.19. The van der Waals surface area contributed by atoms with Gasteiger partial charge in [-0.25, -0.2) is 0 Å². The van der Waals surface area contributed by atoms with E-state index in [0.717, 1.165) is 49.4 Å². The summed E-state index contributed by atoms with van der Waals surface area (Å²) in [4.78, 5) is 2.34. The summed E-state index contributed by atoms with van der Waals surface area (Å²) in [5.74, 6) is 1.11. The zero-order valence-corrected chi connectivity index (χ0v) is 13.4. The topological polar surface area (TPSA) is 24.5 Å². The number of nitrogens with one attached hydrogen (secondary N) is 1. The average Bonchev–Trinajstić information content (AvgIpc) is 2.82. The molecule has 0 aromatic heterocycles. The predicted octanol–water partition coefficient (Wildman–Crippen LogP) is 2.82. The van der Waals surface area contributed by atoms with Crippen molar-refractivity contribution in [2.45, 2.75) is 26.3 Å². The standard InChI is InChI=1S/C15H23BrN2O/c1-3-5-17-6-7-18(2)11-13-10-14(16)9-12-4-8-19-15(12)13/h9-10,17H,3-8,11H2,1-2H3. The summed E-state index contributed by atoms with van der Waals surface area (Å²) < 4.78 is 6.92. The Bertz CT molecular complexity index is 423. The minimum Gasteiger partial charge on any atom is -0.493 e. The molecular weight excluding hydrogens is 304 g/mol. The van der Waals surface area contributed by atoms with Crippen LogP contribution in [0.2, 0.25) is 0 Å². The van der Waals surface area contributed by atoms with Crippen LogP contribution >= 0.6 is 15.9 Å². The van der Waals surface area contributed by atoms with E-state index in [0.29, 0.717) is 0 Å². The first kappa shape index (κ1) is 14.8. The maximum Gasteiger partial charge on any atom is 0.127 e. The molecule has 0 fully saturated rings. The molecule has 19 heavy (non-hydrogen) atoms. The largest absolute Gasteiger partial charge is 0.493 e. The average molecular weight is 327 g/mol. The van der Waals surface area contributed by atoms with Gasteiger partial charge in [-0.2, -0.15) is 0 Å². The van der Waals surface area contributed by atoms with Crippen LogP contribution < -0.4 is 10.1 Å². The van der Waals surface area contributed by atoms with Crippen LogP contribution in [0.25, 0.3) is 0 Å². The SMILES string of the molecule is CCCNCCN(C)Cc1cc(Br)cc2c1OCC2. The Labute approximate surface area is 124 Å². The van der Waals surface area contributed by atoms with Crippen molar-refractivity contribution in [1.29, 1.82) is 0 Å². The van der Waals surface area contributed by atoms with Gasteiger partial charge in [0.15, 0.2) is 0 Å². The molecule has 1 heterocycles. The number of hydrogen-bond donors (Lipinski definition) is 1. The Balaban J connectivity index is 1.92. The number of benzene rings is 1. The Morgan fingerprint density at radius 1 is 1.37 bits per heavy atom. The monoisotopic (exact) mass is 326 g/mol. The fourth-order valence-electron chi connectivity index (χ4n) is 2.41. The molecule has 0 saturated carbocycles. The lowest BCUT2D eigenvalue weighted by atomic mass is 10.1. The molecule has 0 radical (unpaired) electrons. The van der Waals surface area contributed by atoms with Crippen molar-refractivity contribution in [2.24, 2.45) is 0 Å². The smallest absolute Gasteiger partial charge is 0.127 e. The van der Waals surface area contributed by atoms with Crippen LogP contribution in [0.1, 0.15) is 24.5 Å². The van der Waals surface area contributed by atoms with Crippen molar-refractivity contribution < 1.29 is 4.74 Å². The molecule has 1 N–H and O–H groups in total. The third kappa shape index (κ3) is 4.20. The molecule has 1 aliphatic heterocycles. The van der Waals surface area contributed by atoms with Gasteiger partial charge in [-0.05, 0) is 37.7 Å². The van der Waals surface area contributed by atoms with Gasteiger partial charge in [-0.1, -0.05) is 22.9 Å². The van der Waals surface area contributed by atoms with Crippen molar-refractivity contribution in [3.8, 4) is 5.75 Å². The number of rotatable bonds is 7. The minimum atomic E-state index is 0.820. The molecule has 0 bridgehead atoms. The van der Waals surface area contributed by atoms with Crippen LogP contribution in [-0.4, -0.2) is 38.2 Å². The van der Waals surface area contributed by atoms with Gasteiger partial charge in [0, 0.05) is 36.1 Å². The molecule has 1 aromatic carbocycles. The first-order valence-corrected chi connectivity index (χ1v) is 7.83. The van der Waals surface area contributed by atoms with Gasteiger partial charge >= 0.3 is 0 Å². The van der Waals surface area contributed by atoms with Gasteiger partial charge in [0.25, 0.3) is 0 Å². The van der Waals surface area contributed by atoms with E-state index in [4.69, 9.17) is 4.74 Å². The van der Waals surface area contributed by atoms with Gasteiger partial charge in [0.2, 0.25) is 0 Å². The summed E-state index contributed by atoms with van der Waals surface area (Å²) >= 11 is 3.59. The second kappa shape index (κ2) is 7.27. The molecule has 4 heteroatoms. The molecule has 0 aliphatic carbocycles. The van der Waals surface area contributed by atoms with Gasteiger partial charge in [-0.3, -0.25) is 0 Å². The summed E-state index contributed by atoms with van der Waals surface area (Å²) in [5, 5.41) is 3.43. The summed E-state index contributed by atoms with van der Waals surface area (Å²) in [5.41, 5.74) is 2.63. The number of halogens is 1. The number of ether oxygens (including phenoxy) is 1. The second-order valence-corrected chi connectivity index (χ2v) is 6.06. The van der Waals surface area contributed by atoms with E-state index >= 15 is 0 Å². The van der Waals surface area contributed by atoms with Gasteiger partial charge < -0.3 is 15.0 Å². The third-order valence-electron chi connectivity index (χ3n) is 3.36. The van der Waals surface area contributed by atoms with Crippen LogP contribution in [0.4, 0.5) is 0 Å². The second-order valence-electron chi connectivity index (χ2n) is 5.14. The molecule has 3 nitrogen and oxygen atoms in total. The van der Waals surface area contributed by atoms with Crippen LogP contribution in [-0.2, 0) is 13.0 Å². The number of nitrogens with zero attached hydrogens (tertiary/aromatic N) is 1. The van der Waals surface area contributed by atoms with Crippen molar-refractivity contribution in [1.82, 2.24) is 10.2 Å².